The van der Waals surface area contributed by atoms with E-state index in [2.05, 4.69) is 10.2 Å². The molecule has 7 nitrogen and oxygen atoms in total. The summed E-state index contributed by atoms with van der Waals surface area (Å²) < 4.78 is 17.2. The fourth-order valence-corrected chi connectivity index (χ4v) is 5.35. The lowest BCUT2D eigenvalue weighted by Gasteiger charge is -2.37. The second kappa shape index (κ2) is 9.67. The van der Waals surface area contributed by atoms with E-state index < -0.39 is 11.8 Å². The molecule has 0 atom stereocenters. The molecule has 2 aliphatic heterocycles. The van der Waals surface area contributed by atoms with Crippen molar-refractivity contribution in [3.8, 4) is 11.1 Å². The second-order valence-corrected chi connectivity index (χ2v) is 9.10. The van der Waals surface area contributed by atoms with Crippen LogP contribution in [0.1, 0.15) is 30.1 Å². The van der Waals surface area contributed by atoms with E-state index in [0.29, 0.717) is 46.8 Å². The maximum absolute atomic E-state index is 12.8. The molecule has 1 aromatic heterocycles. The largest absolute Gasteiger partial charge is 0.462 e. The number of carbonyl (C=O) groups excluding carboxylic acids is 2. The minimum Gasteiger partial charge on any atom is -0.462 e. The molecule has 1 N–H and O–H groups in total. The number of likely N-dealkylation sites (tertiary alicyclic amines) is 1. The number of esters is 1. The van der Waals surface area contributed by atoms with Crippen molar-refractivity contribution < 1.29 is 23.8 Å². The van der Waals surface area contributed by atoms with E-state index in [1.165, 1.54) is 11.3 Å². The van der Waals surface area contributed by atoms with Crippen LogP contribution in [0.25, 0.3) is 11.1 Å². The van der Waals surface area contributed by atoms with Crippen molar-refractivity contribution in [2.75, 3.05) is 44.8 Å². The summed E-state index contributed by atoms with van der Waals surface area (Å²) in [4.78, 5) is 27.6. The molecule has 0 aliphatic carbocycles. The molecule has 1 aromatic carbocycles. The van der Waals surface area contributed by atoms with Crippen molar-refractivity contribution in [1.29, 1.82) is 0 Å². The van der Waals surface area contributed by atoms with Gasteiger partial charge in [-0.3, -0.25) is 9.69 Å². The normalized spacial score (nSPS) is 18.3. The minimum atomic E-state index is -0.504. The van der Waals surface area contributed by atoms with Crippen molar-refractivity contribution in [2.24, 2.45) is 0 Å². The first-order valence-corrected chi connectivity index (χ1v) is 11.6. The summed E-state index contributed by atoms with van der Waals surface area (Å²) in [5.74, 6) is -1.18. The smallest absolute Gasteiger partial charge is 0.341 e. The van der Waals surface area contributed by atoms with Crippen molar-refractivity contribution >= 4 is 39.8 Å². The summed E-state index contributed by atoms with van der Waals surface area (Å²) in [7, 11) is 0. The molecule has 0 bridgehead atoms. The quantitative estimate of drug-likeness (QED) is 0.650. The Morgan fingerprint density at radius 2 is 1.87 bits per heavy atom. The number of piperidine rings is 1. The summed E-state index contributed by atoms with van der Waals surface area (Å²) in [6.45, 7) is 4.85. The molecule has 0 radical (unpaired) electrons. The molecule has 0 saturated carbocycles. The zero-order chi connectivity index (χ0) is 21.8. The highest BCUT2D eigenvalue weighted by atomic mass is 35.5. The molecule has 9 heteroatoms. The number of hydrogen-bond donors (Lipinski definition) is 1. The van der Waals surface area contributed by atoms with E-state index in [0.717, 1.165) is 18.4 Å². The van der Waals surface area contributed by atoms with Crippen molar-refractivity contribution in [3.05, 3.63) is 40.2 Å². The Labute approximate surface area is 190 Å². The highest BCUT2D eigenvalue weighted by Gasteiger charge is 2.40. The van der Waals surface area contributed by atoms with Gasteiger partial charge in [0.05, 0.1) is 26.4 Å². The Hall–Kier alpha value is -1.97. The first-order valence-electron chi connectivity index (χ1n) is 10.4. The number of anilines is 1. The van der Waals surface area contributed by atoms with Gasteiger partial charge in [-0.1, -0.05) is 41.9 Å². The van der Waals surface area contributed by atoms with Crippen molar-refractivity contribution in [2.45, 2.75) is 25.6 Å². The summed E-state index contributed by atoms with van der Waals surface area (Å²) in [5.41, 5.74) is 1.67. The molecule has 1 spiro atoms. The van der Waals surface area contributed by atoms with Crippen LogP contribution in [-0.4, -0.2) is 62.0 Å². The third-order valence-corrected chi connectivity index (χ3v) is 6.77. The third kappa shape index (κ3) is 4.94. The molecule has 4 rings (SSSR count). The Morgan fingerprint density at radius 1 is 1.19 bits per heavy atom. The van der Waals surface area contributed by atoms with E-state index in [1.54, 1.807) is 6.92 Å². The number of halogens is 1. The van der Waals surface area contributed by atoms with Gasteiger partial charge in [0.25, 0.3) is 0 Å². The molecule has 3 heterocycles. The molecule has 2 aliphatic rings. The number of rotatable bonds is 6. The third-order valence-electron chi connectivity index (χ3n) is 5.46. The van der Waals surface area contributed by atoms with E-state index in [4.69, 9.17) is 25.8 Å². The van der Waals surface area contributed by atoms with Crippen LogP contribution >= 0.6 is 22.9 Å². The highest BCUT2D eigenvalue weighted by molar-refractivity contribution is 7.21. The topological polar surface area (TPSA) is 77.1 Å². The number of benzene rings is 1. The monoisotopic (exact) mass is 464 g/mol. The maximum atomic E-state index is 12.8. The predicted molar refractivity (Wildman–Crippen MR) is 120 cm³/mol. The van der Waals surface area contributed by atoms with Crippen LogP contribution in [0.15, 0.2) is 30.3 Å². The lowest BCUT2D eigenvalue weighted by molar-refractivity contribution is -0.185. The number of nitrogens with zero attached hydrogens (tertiary/aromatic N) is 1. The molecule has 2 aromatic rings. The summed E-state index contributed by atoms with van der Waals surface area (Å²) in [6, 6.07) is 9.38. The van der Waals surface area contributed by atoms with Crippen LogP contribution in [0.4, 0.5) is 5.00 Å². The standard InChI is InChI=1S/C22H25ClN2O5S/c1-2-28-21(27)18-17(15-6-4-3-5-7-15)19(23)31-20(18)24-16(26)14-25-10-8-22(9-11-25)29-12-13-30-22/h3-7H,2,8-14H2,1H3,(H,24,26). The van der Waals surface area contributed by atoms with Gasteiger partial charge in [0.15, 0.2) is 5.79 Å². The molecule has 0 unspecified atom stereocenters. The minimum absolute atomic E-state index is 0.202. The number of thiophene rings is 1. The van der Waals surface area contributed by atoms with Gasteiger partial charge in [-0.15, -0.1) is 11.3 Å². The Morgan fingerprint density at radius 3 is 2.52 bits per heavy atom. The summed E-state index contributed by atoms with van der Waals surface area (Å²) >= 11 is 7.66. The van der Waals surface area contributed by atoms with E-state index in [-0.39, 0.29) is 19.1 Å². The van der Waals surface area contributed by atoms with Crippen LogP contribution in [0.3, 0.4) is 0 Å². The van der Waals surface area contributed by atoms with Gasteiger partial charge in [0.1, 0.15) is 14.9 Å². The lowest BCUT2D eigenvalue weighted by atomic mass is 10.0. The number of ether oxygens (including phenoxy) is 3. The zero-order valence-electron chi connectivity index (χ0n) is 17.3. The van der Waals surface area contributed by atoms with E-state index >= 15 is 0 Å². The van der Waals surface area contributed by atoms with Gasteiger partial charge in [-0.25, -0.2) is 4.79 Å². The average Bonchev–Trinajstić information content (AvgIpc) is 3.35. The van der Waals surface area contributed by atoms with E-state index in [9.17, 15) is 9.59 Å². The predicted octanol–water partition coefficient (Wildman–Crippen LogP) is 4.02. The first kappa shape index (κ1) is 22.2. The van der Waals surface area contributed by atoms with Crippen LogP contribution < -0.4 is 5.32 Å². The Kier molecular flexibility index (Phi) is 6.93. The van der Waals surface area contributed by atoms with Crippen LogP contribution in [-0.2, 0) is 19.0 Å². The van der Waals surface area contributed by atoms with E-state index in [1.807, 2.05) is 30.3 Å². The van der Waals surface area contributed by atoms with Gasteiger partial charge in [0, 0.05) is 31.5 Å². The van der Waals surface area contributed by atoms with Gasteiger partial charge in [-0.2, -0.15) is 0 Å². The average molecular weight is 465 g/mol. The number of nitrogens with one attached hydrogen (secondary N) is 1. The summed E-state index contributed by atoms with van der Waals surface area (Å²) in [6.07, 6.45) is 1.47. The molecular weight excluding hydrogens is 440 g/mol. The van der Waals surface area contributed by atoms with Gasteiger partial charge >= 0.3 is 5.97 Å². The van der Waals surface area contributed by atoms with Crippen LogP contribution in [0, 0.1) is 0 Å². The fraction of sp³-hybridized carbons (Fsp3) is 0.455. The first-order chi connectivity index (χ1) is 15.0. The lowest BCUT2D eigenvalue weighted by Crippen LogP contribution is -2.47. The zero-order valence-corrected chi connectivity index (χ0v) is 18.9. The molecule has 2 fully saturated rings. The number of carbonyl (C=O) groups is 2. The number of hydrogen-bond acceptors (Lipinski definition) is 7. The molecule has 31 heavy (non-hydrogen) atoms. The van der Waals surface area contributed by atoms with Crippen LogP contribution in [0.2, 0.25) is 4.34 Å². The SMILES string of the molecule is CCOC(=O)c1c(NC(=O)CN2CCC3(CC2)OCCO3)sc(Cl)c1-c1ccccc1. The molecule has 166 valence electrons. The Bertz CT molecular complexity index is 933. The fourth-order valence-electron chi connectivity index (χ4n) is 3.96. The van der Waals surface area contributed by atoms with Crippen LogP contribution in [0.5, 0.6) is 0 Å². The summed E-state index contributed by atoms with van der Waals surface area (Å²) in [5, 5.41) is 3.29. The van der Waals surface area contributed by atoms with Gasteiger partial charge < -0.3 is 19.5 Å². The Balaban J connectivity index is 1.48. The maximum Gasteiger partial charge on any atom is 0.341 e. The highest BCUT2D eigenvalue weighted by Crippen LogP contribution is 2.44. The van der Waals surface area contributed by atoms with Crippen molar-refractivity contribution in [1.82, 2.24) is 4.90 Å². The molecule has 1 amide bonds. The number of amides is 1. The van der Waals surface area contributed by atoms with Gasteiger partial charge in [0.2, 0.25) is 5.91 Å². The second-order valence-electron chi connectivity index (χ2n) is 7.47. The molecular formula is C22H25ClN2O5S. The van der Waals surface area contributed by atoms with Gasteiger partial charge in [-0.05, 0) is 12.5 Å². The van der Waals surface area contributed by atoms with Crippen molar-refractivity contribution in [3.63, 3.8) is 0 Å². The molecule has 2 saturated heterocycles.